The van der Waals surface area contributed by atoms with Crippen LogP contribution in [0, 0.1) is 8.99 Å². The Hall–Kier alpha value is -2.50. The van der Waals surface area contributed by atoms with E-state index in [0.29, 0.717) is 28.6 Å². The number of nitrogens with zero attached hydrogens (tertiary/aromatic N) is 5. The second-order valence-corrected chi connectivity index (χ2v) is 11.4. The molecule has 3 fully saturated rings. The maximum absolute atomic E-state index is 13.7. The van der Waals surface area contributed by atoms with E-state index >= 15 is 0 Å². The third-order valence-corrected chi connectivity index (χ3v) is 8.48. The predicted octanol–water partition coefficient (Wildman–Crippen LogP) is 6.03. The number of ether oxygens (including phenoxy) is 1. The van der Waals surface area contributed by atoms with Crippen molar-refractivity contribution in [1.82, 2.24) is 15.2 Å². The number of alkyl halides is 2. The van der Waals surface area contributed by atoms with Gasteiger partial charge < -0.3 is 19.0 Å². The first-order valence-electron chi connectivity index (χ1n) is 12.4. The van der Waals surface area contributed by atoms with Gasteiger partial charge in [0.1, 0.15) is 5.69 Å². The van der Waals surface area contributed by atoms with Crippen LogP contribution in [0.3, 0.4) is 0 Å². The van der Waals surface area contributed by atoms with Crippen LogP contribution in [0.15, 0.2) is 34.7 Å². The largest absolute Gasteiger partial charge is 0.493 e. The Bertz CT molecular complexity index is 1260. The number of halogens is 3. The lowest BCUT2D eigenvalue weighted by molar-refractivity contribution is -0.0222. The van der Waals surface area contributed by atoms with Gasteiger partial charge in [0.25, 0.3) is 11.8 Å². The zero-order valence-electron chi connectivity index (χ0n) is 20.1. The first kappa shape index (κ1) is 23.9. The average Bonchev–Trinajstić information content (AvgIpc) is 3.44. The minimum atomic E-state index is -2.64. The normalized spacial score (nSPS) is 20.6. The Balaban J connectivity index is 1.29. The van der Waals surface area contributed by atoms with Crippen molar-refractivity contribution in [3.05, 3.63) is 33.9 Å². The molecule has 10 heteroatoms. The van der Waals surface area contributed by atoms with Crippen molar-refractivity contribution in [3.8, 4) is 28.8 Å². The summed E-state index contributed by atoms with van der Waals surface area (Å²) in [6.07, 6.45) is 4.77. The van der Waals surface area contributed by atoms with Crippen LogP contribution in [-0.4, -0.2) is 54.4 Å². The van der Waals surface area contributed by atoms with Crippen molar-refractivity contribution in [2.24, 2.45) is 5.41 Å². The number of pyridine rings is 1. The van der Waals surface area contributed by atoms with Crippen LogP contribution in [-0.2, 0) is 0 Å². The van der Waals surface area contributed by atoms with Crippen molar-refractivity contribution in [3.63, 3.8) is 0 Å². The van der Waals surface area contributed by atoms with E-state index in [9.17, 15) is 8.78 Å². The van der Waals surface area contributed by atoms with Gasteiger partial charge in [-0.05, 0) is 84.0 Å². The molecule has 0 radical (unpaired) electrons. The molecule has 0 unspecified atom stereocenters. The SMILES string of the molecule is COc1ccc(-c2nnc(-c3ccc(I)cc3N3CCC4(CC3)CC4)o2)nc1N1CCC(F)(F)CC1. The minimum Gasteiger partial charge on any atom is -0.493 e. The monoisotopic (exact) mass is 607 g/mol. The number of methoxy groups -OCH3 is 1. The third-order valence-electron chi connectivity index (χ3n) is 7.81. The zero-order valence-corrected chi connectivity index (χ0v) is 22.3. The van der Waals surface area contributed by atoms with Crippen molar-refractivity contribution < 1.29 is 17.9 Å². The Morgan fingerprint density at radius 3 is 2.28 bits per heavy atom. The molecule has 3 aliphatic rings. The molecule has 0 amide bonds. The second-order valence-electron chi connectivity index (χ2n) is 10.1. The molecule has 4 heterocycles. The standard InChI is InChI=1S/C26H28F2IN5O2/c1-35-21-5-4-19(30-22(21)34-14-10-26(27,28)11-15-34)24-32-31-23(36-24)18-3-2-17(29)16-20(18)33-12-8-25(6-7-25)9-13-33/h2-5,16H,6-15H2,1H3. The van der Waals surface area contributed by atoms with Crippen LogP contribution < -0.4 is 14.5 Å². The molecular formula is C26H28F2IN5O2. The summed E-state index contributed by atoms with van der Waals surface area (Å²) in [5.41, 5.74) is 3.11. The maximum Gasteiger partial charge on any atom is 0.266 e. The van der Waals surface area contributed by atoms with Gasteiger partial charge in [-0.1, -0.05) is 0 Å². The summed E-state index contributed by atoms with van der Waals surface area (Å²) in [5.74, 6) is -0.859. The van der Waals surface area contributed by atoms with Crippen LogP contribution in [0.5, 0.6) is 5.75 Å². The molecule has 6 rings (SSSR count). The van der Waals surface area contributed by atoms with Gasteiger partial charge in [-0.15, -0.1) is 10.2 Å². The Morgan fingerprint density at radius 2 is 1.58 bits per heavy atom. The fourth-order valence-electron chi connectivity index (χ4n) is 5.27. The molecule has 36 heavy (non-hydrogen) atoms. The third kappa shape index (κ3) is 4.64. The molecule has 0 bridgehead atoms. The summed E-state index contributed by atoms with van der Waals surface area (Å²) in [4.78, 5) is 8.95. The van der Waals surface area contributed by atoms with E-state index in [1.807, 2.05) is 17.0 Å². The molecule has 2 aliphatic heterocycles. The van der Waals surface area contributed by atoms with E-state index in [2.05, 4.69) is 48.7 Å². The topological polar surface area (TPSA) is 67.5 Å². The highest BCUT2D eigenvalue weighted by molar-refractivity contribution is 14.1. The first-order valence-corrected chi connectivity index (χ1v) is 13.5. The molecule has 1 aromatic carbocycles. The summed E-state index contributed by atoms with van der Waals surface area (Å²) >= 11 is 2.34. The lowest BCUT2D eigenvalue weighted by Crippen LogP contribution is -2.40. The molecule has 1 spiro atoms. The van der Waals surface area contributed by atoms with Crippen molar-refractivity contribution >= 4 is 34.1 Å². The van der Waals surface area contributed by atoms with Crippen molar-refractivity contribution in [2.75, 3.05) is 43.1 Å². The number of hydrogen-bond acceptors (Lipinski definition) is 7. The summed E-state index contributed by atoms with van der Waals surface area (Å²) < 4.78 is 40.2. The quantitative estimate of drug-likeness (QED) is 0.329. The van der Waals surface area contributed by atoms with Gasteiger partial charge in [-0.2, -0.15) is 0 Å². The van der Waals surface area contributed by atoms with E-state index in [1.165, 1.54) is 25.7 Å². The highest BCUT2D eigenvalue weighted by Gasteiger charge is 2.44. The van der Waals surface area contributed by atoms with Gasteiger partial charge >= 0.3 is 0 Å². The van der Waals surface area contributed by atoms with Gasteiger partial charge in [-0.25, -0.2) is 13.8 Å². The molecule has 190 valence electrons. The van der Waals surface area contributed by atoms with Gasteiger partial charge in [-0.3, -0.25) is 0 Å². The molecule has 3 aromatic rings. The predicted molar refractivity (Wildman–Crippen MR) is 142 cm³/mol. The highest BCUT2D eigenvalue weighted by atomic mass is 127. The number of aromatic nitrogens is 3. The second kappa shape index (κ2) is 9.11. The Morgan fingerprint density at radius 1 is 0.889 bits per heavy atom. The Kier molecular flexibility index (Phi) is 6.04. The minimum absolute atomic E-state index is 0.206. The zero-order chi connectivity index (χ0) is 24.9. The highest BCUT2D eigenvalue weighted by Crippen LogP contribution is 2.54. The summed E-state index contributed by atoms with van der Waals surface area (Å²) in [5, 5.41) is 8.65. The first-order chi connectivity index (χ1) is 17.3. The average molecular weight is 607 g/mol. The number of anilines is 2. The fraction of sp³-hybridized carbons (Fsp3) is 0.500. The van der Waals surface area contributed by atoms with Crippen LogP contribution in [0.2, 0.25) is 0 Å². The lowest BCUT2D eigenvalue weighted by Gasteiger charge is -2.34. The molecular weight excluding hydrogens is 579 g/mol. The molecule has 0 N–H and O–H groups in total. The van der Waals surface area contributed by atoms with Crippen LogP contribution in [0.25, 0.3) is 23.0 Å². The number of piperidine rings is 2. The smallest absolute Gasteiger partial charge is 0.266 e. The van der Waals surface area contributed by atoms with Crippen LogP contribution >= 0.6 is 22.6 Å². The van der Waals surface area contributed by atoms with Crippen LogP contribution in [0.1, 0.15) is 38.5 Å². The summed E-state index contributed by atoms with van der Waals surface area (Å²) in [6.45, 7) is 2.48. The van der Waals surface area contributed by atoms with Crippen molar-refractivity contribution in [2.45, 2.75) is 44.4 Å². The van der Waals surface area contributed by atoms with Gasteiger partial charge in [0.05, 0.1) is 18.4 Å². The van der Waals surface area contributed by atoms with E-state index in [1.54, 1.807) is 19.2 Å². The Labute approximate surface area is 222 Å². The molecule has 2 aromatic heterocycles. The summed E-state index contributed by atoms with van der Waals surface area (Å²) in [6, 6.07) is 9.79. The van der Waals surface area contributed by atoms with E-state index in [4.69, 9.17) is 9.15 Å². The molecule has 7 nitrogen and oxygen atoms in total. The van der Waals surface area contributed by atoms with Gasteiger partial charge in [0.2, 0.25) is 5.89 Å². The van der Waals surface area contributed by atoms with E-state index < -0.39 is 5.92 Å². The van der Waals surface area contributed by atoms with Gasteiger partial charge in [0.15, 0.2) is 11.6 Å². The maximum atomic E-state index is 13.7. The van der Waals surface area contributed by atoms with Gasteiger partial charge in [0, 0.05) is 42.6 Å². The molecule has 2 saturated heterocycles. The van der Waals surface area contributed by atoms with Crippen molar-refractivity contribution in [1.29, 1.82) is 0 Å². The number of hydrogen-bond donors (Lipinski definition) is 0. The molecule has 0 atom stereocenters. The van der Waals surface area contributed by atoms with E-state index in [0.717, 1.165) is 27.9 Å². The number of rotatable bonds is 5. The number of benzene rings is 1. The molecule has 1 aliphatic carbocycles. The lowest BCUT2D eigenvalue weighted by atomic mass is 9.93. The molecule has 1 saturated carbocycles. The van der Waals surface area contributed by atoms with E-state index in [-0.39, 0.29) is 31.8 Å². The summed E-state index contributed by atoms with van der Waals surface area (Å²) in [7, 11) is 1.55. The fourth-order valence-corrected chi connectivity index (χ4v) is 5.74. The van der Waals surface area contributed by atoms with Crippen LogP contribution in [0.4, 0.5) is 20.3 Å².